The number of rotatable bonds is 5. The smallest absolute Gasteiger partial charge is 0.223 e. The monoisotopic (exact) mass is 333 g/mol. The molecule has 0 aliphatic heterocycles. The van der Waals surface area contributed by atoms with Crippen LogP contribution >= 0.6 is 22.7 Å². The van der Waals surface area contributed by atoms with Gasteiger partial charge >= 0.3 is 0 Å². The highest BCUT2D eigenvalue weighted by molar-refractivity contribution is 7.11. The summed E-state index contributed by atoms with van der Waals surface area (Å²) in [6.45, 7) is 0.215. The summed E-state index contributed by atoms with van der Waals surface area (Å²) < 4.78 is 0. The third-order valence-electron chi connectivity index (χ3n) is 4.02. The Morgan fingerprint density at radius 3 is 2.41 bits per heavy atom. The minimum Gasteiger partial charge on any atom is -0.377 e. The van der Waals surface area contributed by atoms with Crippen molar-refractivity contribution in [1.29, 1.82) is 0 Å². The standard InChI is InChI=1S/C17H19NO2S2/c19-16(13-6-2-1-3-7-13)18-12-17(20,14-8-4-10-21-14)15-9-5-11-22-15/h1-2,4-5,8-11,13,20H,3,6-7,12H2,(H,18,19)/t13-/m1/s1. The number of carbonyl (C=O) groups excluding carboxylic acids is 1. The molecule has 1 aliphatic rings. The molecule has 2 aromatic heterocycles. The number of aliphatic hydroxyl groups is 1. The molecule has 1 aliphatic carbocycles. The van der Waals surface area contributed by atoms with Crippen molar-refractivity contribution in [3.8, 4) is 0 Å². The maximum Gasteiger partial charge on any atom is 0.223 e. The molecule has 0 bridgehead atoms. The Labute approximate surface area is 138 Å². The van der Waals surface area contributed by atoms with E-state index >= 15 is 0 Å². The highest BCUT2D eigenvalue weighted by atomic mass is 32.1. The molecule has 22 heavy (non-hydrogen) atoms. The third-order valence-corrected chi connectivity index (χ3v) is 6.06. The van der Waals surface area contributed by atoms with Crippen molar-refractivity contribution in [3.63, 3.8) is 0 Å². The highest BCUT2D eigenvalue weighted by Crippen LogP contribution is 2.35. The Hall–Kier alpha value is -1.43. The van der Waals surface area contributed by atoms with Crippen molar-refractivity contribution < 1.29 is 9.90 Å². The third kappa shape index (κ3) is 3.16. The number of amides is 1. The van der Waals surface area contributed by atoms with Crippen molar-refractivity contribution >= 4 is 28.6 Å². The zero-order chi connectivity index (χ0) is 15.4. The van der Waals surface area contributed by atoms with Crippen LogP contribution in [0.2, 0.25) is 0 Å². The fourth-order valence-corrected chi connectivity index (χ4v) is 4.46. The van der Waals surface area contributed by atoms with Crippen LogP contribution in [0, 0.1) is 5.92 Å². The molecule has 0 saturated heterocycles. The quantitative estimate of drug-likeness (QED) is 0.823. The Bertz CT molecular complexity index is 597. The molecule has 2 N–H and O–H groups in total. The zero-order valence-electron chi connectivity index (χ0n) is 12.2. The molecular formula is C17H19NO2S2. The average molecular weight is 333 g/mol. The summed E-state index contributed by atoms with van der Waals surface area (Å²) in [5.41, 5.74) is -1.14. The van der Waals surface area contributed by atoms with Gasteiger partial charge < -0.3 is 10.4 Å². The lowest BCUT2D eigenvalue weighted by Gasteiger charge is -2.27. The van der Waals surface area contributed by atoms with E-state index in [9.17, 15) is 9.90 Å². The topological polar surface area (TPSA) is 49.3 Å². The molecule has 0 spiro atoms. The van der Waals surface area contributed by atoms with E-state index in [0.717, 1.165) is 29.0 Å². The molecule has 0 aromatic carbocycles. The first-order valence-corrected chi connectivity index (χ1v) is 9.19. The van der Waals surface area contributed by atoms with Gasteiger partial charge in [0.25, 0.3) is 0 Å². The highest BCUT2D eigenvalue weighted by Gasteiger charge is 2.34. The predicted molar refractivity (Wildman–Crippen MR) is 91.1 cm³/mol. The maximum absolute atomic E-state index is 12.3. The van der Waals surface area contributed by atoms with Gasteiger partial charge in [-0.15, -0.1) is 22.7 Å². The summed E-state index contributed by atoms with van der Waals surface area (Å²) in [5.74, 6) is 0.0665. The second kappa shape index (κ2) is 6.77. The predicted octanol–water partition coefficient (Wildman–Crippen LogP) is 3.52. The van der Waals surface area contributed by atoms with Crippen LogP contribution in [0.5, 0.6) is 0 Å². The summed E-state index contributed by atoms with van der Waals surface area (Å²) >= 11 is 3.02. The first-order chi connectivity index (χ1) is 10.7. The summed E-state index contributed by atoms with van der Waals surface area (Å²) in [5, 5.41) is 18.0. The van der Waals surface area contributed by atoms with Gasteiger partial charge in [-0.05, 0) is 42.2 Å². The second-order valence-corrected chi connectivity index (χ2v) is 7.41. The molecule has 0 fully saturated rings. The molecular weight excluding hydrogens is 314 g/mol. The SMILES string of the molecule is O=C(NCC(O)(c1cccs1)c1cccs1)[C@@H]1CC=CCC1. The van der Waals surface area contributed by atoms with E-state index in [4.69, 9.17) is 0 Å². The Kier molecular flexibility index (Phi) is 4.76. The molecule has 0 radical (unpaired) electrons. The van der Waals surface area contributed by atoms with Crippen LogP contribution in [0.1, 0.15) is 29.0 Å². The van der Waals surface area contributed by atoms with Gasteiger partial charge in [-0.25, -0.2) is 0 Å². The van der Waals surface area contributed by atoms with E-state index in [1.807, 2.05) is 35.0 Å². The van der Waals surface area contributed by atoms with Crippen LogP contribution < -0.4 is 5.32 Å². The molecule has 5 heteroatoms. The van der Waals surface area contributed by atoms with E-state index in [2.05, 4.69) is 17.5 Å². The Balaban J connectivity index is 1.74. The fraction of sp³-hybridized carbons (Fsp3) is 0.353. The van der Waals surface area contributed by atoms with Gasteiger partial charge in [-0.1, -0.05) is 24.3 Å². The van der Waals surface area contributed by atoms with Gasteiger partial charge in [-0.3, -0.25) is 4.79 Å². The summed E-state index contributed by atoms with van der Waals surface area (Å²) in [6, 6.07) is 7.68. The van der Waals surface area contributed by atoms with Crippen LogP contribution in [-0.2, 0) is 10.4 Å². The van der Waals surface area contributed by atoms with Gasteiger partial charge in [0.2, 0.25) is 5.91 Å². The molecule has 0 unspecified atom stereocenters. The molecule has 116 valence electrons. The lowest BCUT2D eigenvalue weighted by Crippen LogP contribution is -2.43. The molecule has 2 heterocycles. The Morgan fingerprint density at radius 1 is 1.23 bits per heavy atom. The van der Waals surface area contributed by atoms with Crippen molar-refractivity contribution in [2.75, 3.05) is 6.54 Å². The van der Waals surface area contributed by atoms with Crippen LogP contribution in [0.4, 0.5) is 0 Å². The van der Waals surface area contributed by atoms with Gasteiger partial charge in [0, 0.05) is 15.7 Å². The zero-order valence-corrected chi connectivity index (χ0v) is 13.8. The number of hydrogen-bond donors (Lipinski definition) is 2. The van der Waals surface area contributed by atoms with Crippen LogP contribution in [0.25, 0.3) is 0 Å². The maximum atomic E-state index is 12.3. The van der Waals surface area contributed by atoms with Gasteiger partial charge in [0.05, 0.1) is 6.54 Å². The number of nitrogens with one attached hydrogen (secondary N) is 1. The normalized spacial score (nSPS) is 18.3. The van der Waals surface area contributed by atoms with Crippen LogP contribution in [0.15, 0.2) is 47.2 Å². The second-order valence-electron chi connectivity index (χ2n) is 5.51. The summed E-state index contributed by atoms with van der Waals surface area (Å²) in [6.07, 6.45) is 6.83. The first-order valence-electron chi connectivity index (χ1n) is 7.43. The lowest BCUT2D eigenvalue weighted by molar-refractivity contribution is -0.126. The van der Waals surface area contributed by atoms with Gasteiger partial charge in [-0.2, -0.15) is 0 Å². The number of thiophene rings is 2. The molecule has 3 nitrogen and oxygen atoms in total. The van der Waals surface area contributed by atoms with Crippen molar-refractivity contribution in [2.24, 2.45) is 5.92 Å². The van der Waals surface area contributed by atoms with Crippen LogP contribution in [-0.4, -0.2) is 17.6 Å². The number of allylic oxidation sites excluding steroid dienone is 2. The van der Waals surface area contributed by atoms with E-state index in [1.54, 1.807) is 0 Å². The van der Waals surface area contributed by atoms with Crippen LogP contribution in [0.3, 0.4) is 0 Å². The summed E-state index contributed by atoms with van der Waals surface area (Å²) in [4.78, 5) is 14.1. The van der Waals surface area contributed by atoms with Gasteiger partial charge in [0.1, 0.15) is 5.60 Å². The lowest BCUT2D eigenvalue weighted by atomic mass is 9.93. The van der Waals surface area contributed by atoms with E-state index in [-0.39, 0.29) is 18.4 Å². The molecule has 1 atom stereocenters. The molecule has 3 rings (SSSR count). The largest absolute Gasteiger partial charge is 0.377 e. The van der Waals surface area contributed by atoms with E-state index < -0.39 is 5.60 Å². The fourth-order valence-electron chi connectivity index (χ4n) is 2.71. The van der Waals surface area contributed by atoms with E-state index in [0.29, 0.717) is 0 Å². The molecule has 2 aromatic rings. The van der Waals surface area contributed by atoms with Crippen molar-refractivity contribution in [3.05, 3.63) is 56.9 Å². The van der Waals surface area contributed by atoms with Crippen molar-refractivity contribution in [1.82, 2.24) is 5.32 Å². The number of carbonyl (C=O) groups is 1. The number of hydrogen-bond acceptors (Lipinski definition) is 4. The van der Waals surface area contributed by atoms with E-state index in [1.165, 1.54) is 22.7 Å². The van der Waals surface area contributed by atoms with Gasteiger partial charge in [0.15, 0.2) is 0 Å². The molecule has 0 saturated carbocycles. The van der Waals surface area contributed by atoms with Crippen molar-refractivity contribution in [2.45, 2.75) is 24.9 Å². The Morgan fingerprint density at radius 2 is 1.91 bits per heavy atom. The minimum absolute atomic E-state index is 0.0286. The first kappa shape index (κ1) is 15.5. The summed E-state index contributed by atoms with van der Waals surface area (Å²) in [7, 11) is 0. The average Bonchev–Trinajstić information content (AvgIpc) is 3.26. The minimum atomic E-state index is -1.14. The molecule has 1 amide bonds.